The van der Waals surface area contributed by atoms with Crippen molar-refractivity contribution in [2.75, 3.05) is 6.61 Å². The zero-order valence-electron chi connectivity index (χ0n) is 9.86. The highest BCUT2D eigenvalue weighted by Gasteiger charge is 2.29. The zero-order chi connectivity index (χ0) is 12.0. The van der Waals surface area contributed by atoms with Crippen LogP contribution in [-0.4, -0.2) is 17.6 Å². The van der Waals surface area contributed by atoms with Crippen molar-refractivity contribution >= 4 is 5.91 Å². The van der Waals surface area contributed by atoms with Crippen molar-refractivity contribution in [1.82, 2.24) is 5.32 Å². The van der Waals surface area contributed by atoms with E-state index in [0.29, 0.717) is 0 Å². The molecule has 0 fully saturated rings. The van der Waals surface area contributed by atoms with E-state index in [-0.39, 0.29) is 11.4 Å². The minimum Gasteiger partial charge on any atom is -0.387 e. The molecular formula is C13H19NO2. The third-order valence-electron chi connectivity index (χ3n) is 3.06. The monoisotopic (exact) mass is 221 g/mol. The van der Waals surface area contributed by atoms with Crippen LogP contribution >= 0.6 is 0 Å². The van der Waals surface area contributed by atoms with Crippen LogP contribution in [0.3, 0.4) is 0 Å². The molecule has 1 aromatic carbocycles. The Balaban J connectivity index is 3.01. The summed E-state index contributed by atoms with van der Waals surface area (Å²) in [5, 5.41) is 11.7. The molecule has 3 nitrogen and oxygen atoms in total. The van der Waals surface area contributed by atoms with Crippen LogP contribution in [0.4, 0.5) is 0 Å². The van der Waals surface area contributed by atoms with E-state index in [1.54, 1.807) is 0 Å². The highest BCUT2D eigenvalue weighted by Crippen LogP contribution is 2.28. The molecule has 16 heavy (non-hydrogen) atoms. The van der Waals surface area contributed by atoms with Crippen LogP contribution in [0.1, 0.15) is 32.3 Å². The number of benzene rings is 1. The first-order valence-electron chi connectivity index (χ1n) is 5.66. The van der Waals surface area contributed by atoms with Gasteiger partial charge < -0.3 is 10.4 Å². The lowest BCUT2D eigenvalue weighted by Crippen LogP contribution is -2.46. The lowest BCUT2D eigenvalue weighted by molar-refractivity contribution is -0.126. The van der Waals surface area contributed by atoms with Crippen molar-refractivity contribution in [3.63, 3.8) is 0 Å². The van der Waals surface area contributed by atoms with Gasteiger partial charge in [-0.3, -0.25) is 4.79 Å². The fourth-order valence-electron chi connectivity index (χ4n) is 1.97. The SMILES string of the molecule is CCC(CC)(NC(=O)CO)c1ccccc1. The molecule has 1 aromatic rings. The second-order valence-corrected chi connectivity index (χ2v) is 3.86. The molecule has 0 atom stereocenters. The molecule has 0 bridgehead atoms. The van der Waals surface area contributed by atoms with Crippen molar-refractivity contribution in [3.05, 3.63) is 35.9 Å². The fraction of sp³-hybridized carbons (Fsp3) is 0.462. The molecule has 1 amide bonds. The highest BCUT2D eigenvalue weighted by molar-refractivity contribution is 5.78. The first kappa shape index (κ1) is 12.7. The maximum atomic E-state index is 11.4. The Morgan fingerprint density at radius 1 is 1.25 bits per heavy atom. The van der Waals surface area contributed by atoms with Crippen LogP contribution in [0.5, 0.6) is 0 Å². The number of carbonyl (C=O) groups is 1. The Morgan fingerprint density at radius 2 is 1.81 bits per heavy atom. The average molecular weight is 221 g/mol. The van der Waals surface area contributed by atoms with E-state index in [1.807, 2.05) is 44.2 Å². The van der Waals surface area contributed by atoms with E-state index in [2.05, 4.69) is 5.32 Å². The predicted octanol–water partition coefficient (Wildman–Crippen LogP) is 1.81. The fourth-order valence-corrected chi connectivity index (χ4v) is 1.97. The van der Waals surface area contributed by atoms with Gasteiger partial charge in [-0.1, -0.05) is 44.2 Å². The summed E-state index contributed by atoms with van der Waals surface area (Å²) in [4.78, 5) is 11.4. The molecule has 88 valence electrons. The lowest BCUT2D eigenvalue weighted by Gasteiger charge is -2.33. The molecule has 1 rings (SSSR count). The maximum Gasteiger partial charge on any atom is 0.246 e. The van der Waals surface area contributed by atoms with Gasteiger partial charge in [-0.2, -0.15) is 0 Å². The molecule has 0 heterocycles. The summed E-state index contributed by atoms with van der Waals surface area (Å²) in [5.74, 6) is -0.326. The zero-order valence-corrected chi connectivity index (χ0v) is 9.86. The largest absolute Gasteiger partial charge is 0.387 e. The van der Waals surface area contributed by atoms with Gasteiger partial charge >= 0.3 is 0 Å². The van der Waals surface area contributed by atoms with Crippen molar-refractivity contribution in [2.45, 2.75) is 32.2 Å². The Hall–Kier alpha value is -1.35. The summed E-state index contributed by atoms with van der Waals surface area (Å²) in [5.41, 5.74) is 0.725. The van der Waals surface area contributed by atoms with Crippen LogP contribution in [0.15, 0.2) is 30.3 Å². The summed E-state index contributed by atoms with van der Waals surface area (Å²) in [6.45, 7) is 3.61. The number of aliphatic hydroxyl groups excluding tert-OH is 1. The van der Waals surface area contributed by atoms with Crippen molar-refractivity contribution < 1.29 is 9.90 Å². The molecule has 0 aliphatic heterocycles. The number of nitrogens with one attached hydrogen (secondary N) is 1. The normalized spacial score (nSPS) is 11.2. The summed E-state index contributed by atoms with van der Waals surface area (Å²) in [6, 6.07) is 9.88. The van der Waals surface area contributed by atoms with Gasteiger partial charge in [0.25, 0.3) is 0 Å². The van der Waals surface area contributed by atoms with E-state index in [4.69, 9.17) is 5.11 Å². The van der Waals surface area contributed by atoms with Gasteiger partial charge in [-0.05, 0) is 18.4 Å². The molecule has 0 aliphatic carbocycles. The second kappa shape index (κ2) is 5.66. The Kier molecular flexibility index (Phi) is 4.50. The van der Waals surface area contributed by atoms with E-state index in [9.17, 15) is 4.79 Å². The maximum absolute atomic E-state index is 11.4. The Labute approximate surface area is 96.5 Å². The molecule has 0 unspecified atom stereocenters. The number of hydrogen-bond acceptors (Lipinski definition) is 2. The van der Waals surface area contributed by atoms with Crippen LogP contribution < -0.4 is 5.32 Å². The average Bonchev–Trinajstić information content (AvgIpc) is 2.37. The predicted molar refractivity (Wildman–Crippen MR) is 63.9 cm³/mol. The minimum atomic E-state index is -0.464. The van der Waals surface area contributed by atoms with Gasteiger partial charge in [-0.15, -0.1) is 0 Å². The van der Waals surface area contributed by atoms with Crippen LogP contribution in [0.2, 0.25) is 0 Å². The number of amides is 1. The Morgan fingerprint density at radius 3 is 2.25 bits per heavy atom. The quantitative estimate of drug-likeness (QED) is 0.796. The first-order chi connectivity index (χ1) is 7.68. The first-order valence-corrected chi connectivity index (χ1v) is 5.66. The van der Waals surface area contributed by atoms with Gasteiger partial charge in [0.1, 0.15) is 6.61 Å². The topological polar surface area (TPSA) is 49.3 Å². The molecular weight excluding hydrogens is 202 g/mol. The molecule has 0 saturated carbocycles. The molecule has 0 aliphatic rings. The number of hydrogen-bond donors (Lipinski definition) is 2. The van der Waals surface area contributed by atoms with E-state index in [1.165, 1.54) is 0 Å². The van der Waals surface area contributed by atoms with Crippen LogP contribution in [0, 0.1) is 0 Å². The molecule has 3 heteroatoms. The summed E-state index contributed by atoms with van der Waals surface area (Å²) >= 11 is 0. The van der Waals surface area contributed by atoms with Crippen molar-refractivity contribution in [3.8, 4) is 0 Å². The summed E-state index contributed by atoms with van der Waals surface area (Å²) < 4.78 is 0. The summed E-state index contributed by atoms with van der Waals surface area (Å²) in [6.07, 6.45) is 1.61. The van der Waals surface area contributed by atoms with Gasteiger partial charge in [0.15, 0.2) is 0 Å². The van der Waals surface area contributed by atoms with Crippen LogP contribution in [0.25, 0.3) is 0 Å². The third-order valence-corrected chi connectivity index (χ3v) is 3.06. The van der Waals surface area contributed by atoms with E-state index >= 15 is 0 Å². The Bertz CT molecular complexity index is 331. The second-order valence-electron chi connectivity index (χ2n) is 3.86. The summed E-state index contributed by atoms with van der Waals surface area (Å²) in [7, 11) is 0. The van der Waals surface area contributed by atoms with Crippen LogP contribution in [-0.2, 0) is 10.3 Å². The van der Waals surface area contributed by atoms with E-state index in [0.717, 1.165) is 18.4 Å². The van der Waals surface area contributed by atoms with E-state index < -0.39 is 6.61 Å². The molecule has 0 aromatic heterocycles. The van der Waals surface area contributed by atoms with Crippen molar-refractivity contribution in [2.24, 2.45) is 0 Å². The number of rotatable bonds is 5. The lowest BCUT2D eigenvalue weighted by atomic mass is 9.84. The standard InChI is InChI=1S/C13H19NO2/c1-3-13(4-2,14-12(16)10-15)11-8-6-5-7-9-11/h5-9,15H,3-4,10H2,1-2H3,(H,14,16). The third kappa shape index (κ3) is 2.61. The molecule has 2 N–H and O–H groups in total. The minimum absolute atomic E-state index is 0.326. The number of carbonyl (C=O) groups excluding carboxylic acids is 1. The smallest absolute Gasteiger partial charge is 0.246 e. The van der Waals surface area contributed by atoms with Gasteiger partial charge in [0.05, 0.1) is 5.54 Å². The van der Waals surface area contributed by atoms with Crippen molar-refractivity contribution in [1.29, 1.82) is 0 Å². The van der Waals surface area contributed by atoms with Gasteiger partial charge in [0, 0.05) is 0 Å². The molecule has 0 saturated heterocycles. The van der Waals surface area contributed by atoms with Gasteiger partial charge in [0.2, 0.25) is 5.91 Å². The highest BCUT2D eigenvalue weighted by atomic mass is 16.3. The van der Waals surface area contributed by atoms with Gasteiger partial charge in [-0.25, -0.2) is 0 Å². The molecule has 0 radical (unpaired) electrons. The molecule has 0 spiro atoms. The number of aliphatic hydroxyl groups is 1.